The lowest BCUT2D eigenvalue weighted by atomic mass is 9.96. The number of fused-ring (bicyclic) bond motifs is 4. The van der Waals surface area contributed by atoms with Gasteiger partial charge in [0.25, 0.3) is 10.9 Å². The normalized spacial score (nSPS) is 22.3. The largest absolute Gasteiger partial charge is 0.457 e. The third-order valence-corrected chi connectivity index (χ3v) is 7.85. The van der Waals surface area contributed by atoms with Gasteiger partial charge in [0.2, 0.25) is 0 Å². The van der Waals surface area contributed by atoms with Gasteiger partial charge in [0.1, 0.15) is 17.3 Å². The van der Waals surface area contributed by atoms with Crippen molar-refractivity contribution < 1.29 is 18.9 Å². The summed E-state index contributed by atoms with van der Waals surface area (Å²) in [5, 5.41) is 20.6. The Hall–Kier alpha value is -4.83. The van der Waals surface area contributed by atoms with Crippen molar-refractivity contribution in [1.29, 1.82) is 0 Å². The Bertz CT molecular complexity index is 1680. The summed E-state index contributed by atoms with van der Waals surface area (Å²) in [7, 11) is 0. The van der Waals surface area contributed by atoms with Crippen molar-refractivity contribution in [2.24, 2.45) is 5.10 Å². The highest BCUT2D eigenvalue weighted by molar-refractivity contribution is 8.17. The molecule has 9 nitrogen and oxygen atoms in total. The minimum atomic E-state index is -1.34. The maximum atomic E-state index is 12.9. The van der Waals surface area contributed by atoms with Gasteiger partial charge in [-0.1, -0.05) is 48.5 Å². The topological polar surface area (TPSA) is 110 Å². The van der Waals surface area contributed by atoms with Gasteiger partial charge in [0, 0.05) is 29.7 Å². The summed E-state index contributed by atoms with van der Waals surface area (Å²) in [6.45, 7) is 0. The third-order valence-electron chi connectivity index (χ3n) is 6.95. The molecular formula is C29H20N4O5S. The van der Waals surface area contributed by atoms with Gasteiger partial charge >= 0.3 is 5.85 Å². The lowest BCUT2D eigenvalue weighted by molar-refractivity contribution is -0.384. The van der Waals surface area contributed by atoms with E-state index in [2.05, 4.69) is 5.32 Å². The minimum absolute atomic E-state index is 0.00635. The van der Waals surface area contributed by atoms with Crippen LogP contribution in [0.1, 0.15) is 29.3 Å². The molecule has 0 saturated carbocycles. The number of nitro benzene ring substituents is 1. The fraction of sp³-hybridized carbons (Fsp3) is 0.103. The summed E-state index contributed by atoms with van der Waals surface area (Å²) >= 11 is 1.04. The van der Waals surface area contributed by atoms with Gasteiger partial charge in [-0.2, -0.15) is 5.10 Å². The summed E-state index contributed by atoms with van der Waals surface area (Å²) in [4.78, 5) is 24.0. The number of non-ortho nitro benzene ring substituents is 1. The first kappa shape index (κ1) is 23.3. The van der Waals surface area contributed by atoms with Crippen molar-refractivity contribution >= 4 is 34.5 Å². The Morgan fingerprint density at radius 2 is 1.77 bits per heavy atom. The van der Waals surface area contributed by atoms with Gasteiger partial charge in [-0.05, 0) is 53.7 Å². The summed E-state index contributed by atoms with van der Waals surface area (Å²) in [5.41, 5.74) is 3.63. The van der Waals surface area contributed by atoms with Gasteiger partial charge in [-0.25, -0.2) is 5.01 Å². The summed E-state index contributed by atoms with van der Waals surface area (Å²) < 4.78 is 12.6. The molecule has 1 amide bonds. The van der Waals surface area contributed by atoms with Crippen molar-refractivity contribution in [2.45, 2.75) is 18.3 Å². The number of ether oxygens (including phenoxy) is 1. The number of carbonyl (C=O) groups excluding carboxylic acids is 1. The van der Waals surface area contributed by atoms with Crippen LogP contribution in [0.4, 0.5) is 10.5 Å². The first-order valence-electron chi connectivity index (χ1n) is 12.3. The van der Waals surface area contributed by atoms with Crippen LogP contribution >= 0.6 is 11.8 Å². The molecule has 4 heterocycles. The number of nitrogens with zero attached hydrogens (tertiary/aromatic N) is 3. The van der Waals surface area contributed by atoms with E-state index in [0.29, 0.717) is 34.2 Å². The molecule has 1 spiro atoms. The fourth-order valence-corrected chi connectivity index (χ4v) is 6.02. The Morgan fingerprint density at radius 3 is 2.56 bits per heavy atom. The molecule has 0 bridgehead atoms. The maximum absolute atomic E-state index is 12.9. The zero-order valence-corrected chi connectivity index (χ0v) is 21.1. The number of amides is 1. The van der Waals surface area contributed by atoms with Crippen molar-refractivity contribution in [2.75, 3.05) is 0 Å². The number of hydrogen-bond acceptors (Lipinski definition) is 8. The Labute approximate surface area is 226 Å². The van der Waals surface area contributed by atoms with Gasteiger partial charge in [-0.3, -0.25) is 20.2 Å². The maximum Gasteiger partial charge on any atom is 0.314 e. The second kappa shape index (κ2) is 8.88. The number of nitrogens with one attached hydrogen (secondary N) is 1. The zero-order valence-electron chi connectivity index (χ0n) is 20.3. The van der Waals surface area contributed by atoms with Crippen LogP contribution in [0.3, 0.4) is 0 Å². The average Bonchev–Trinajstić information content (AvgIpc) is 3.68. The fourth-order valence-electron chi connectivity index (χ4n) is 5.13. The van der Waals surface area contributed by atoms with E-state index in [-0.39, 0.29) is 17.0 Å². The first-order valence-corrected chi connectivity index (χ1v) is 13.1. The van der Waals surface area contributed by atoms with E-state index in [1.807, 2.05) is 59.6 Å². The second-order valence-corrected chi connectivity index (χ2v) is 10.3. The molecule has 10 heteroatoms. The van der Waals surface area contributed by atoms with Crippen molar-refractivity contribution in [3.63, 3.8) is 0 Å². The Morgan fingerprint density at radius 1 is 1.00 bits per heavy atom. The molecule has 3 aliphatic rings. The lowest BCUT2D eigenvalue weighted by Crippen LogP contribution is -2.61. The number of nitro groups is 1. The second-order valence-electron chi connectivity index (χ2n) is 9.29. The van der Waals surface area contributed by atoms with E-state index in [1.165, 1.54) is 12.1 Å². The molecule has 192 valence electrons. The highest BCUT2D eigenvalue weighted by Crippen LogP contribution is 2.52. The molecule has 1 aromatic heterocycles. The zero-order chi connectivity index (χ0) is 26.6. The van der Waals surface area contributed by atoms with Crippen LogP contribution in [0.25, 0.3) is 17.4 Å². The van der Waals surface area contributed by atoms with Crippen LogP contribution in [0, 0.1) is 10.1 Å². The first-order chi connectivity index (χ1) is 19.0. The quantitative estimate of drug-likeness (QED) is 0.233. The molecule has 0 aliphatic carbocycles. The predicted octanol–water partition coefficient (Wildman–Crippen LogP) is 6.55. The van der Waals surface area contributed by atoms with Gasteiger partial charge in [0.05, 0.1) is 21.6 Å². The number of hydrogen-bond donors (Lipinski definition) is 1. The number of benzene rings is 3. The van der Waals surface area contributed by atoms with Crippen molar-refractivity contribution in [1.82, 2.24) is 10.3 Å². The monoisotopic (exact) mass is 536 g/mol. The highest BCUT2D eigenvalue weighted by atomic mass is 32.2. The molecule has 3 aromatic carbocycles. The van der Waals surface area contributed by atoms with Gasteiger partial charge in [0.15, 0.2) is 0 Å². The van der Waals surface area contributed by atoms with E-state index in [0.717, 1.165) is 28.6 Å². The van der Waals surface area contributed by atoms with E-state index >= 15 is 0 Å². The molecule has 7 rings (SSSR count). The molecule has 39 heavy (non-hydrogen) atoms. The van der Waals surface area contributed by atoms with Crippen LogP contribution in [0.2, 0.25) is 0 Å². The Balaban J connectivity index is 1.29. The van der Waals surface area contributed by atoms with Gasteiger partial charge in [-0.15, -0.1) is 0 Å². The third kappa shape index (κ3) is 3.88. The van der Waals surface area contributed by atoms with Crippen LogP contribution < -0.4 is 10.1 Å². The number of rotatable bonds is 4. The summed E-state index contributed by atoms with van der Waals surface area (Å²) in [5.74, 6) is 0.402. The number of furan rings is 1. The SMILES string of the molecule is O=C1NC2(Oc3ccccc3C3CC(c4ccccc4)=NN32)/C(=C/c2ccc(-c3ccc([N+](=O)[O-])cc3)o2)S1. The van der Waals surface area contributed by atoms with Crippen LogP contribution in [-0.2, 0) is 0 Å². The Kier molecular flexibility index (Phi) is 5.31. The minimum Gasteiger partial charge on any atom is -0.457 e. The van der Waals surface area contributed by atoms with E-state index in [4.69, 9.17) is 14.3 Å². The standard InChI is InChI=1S/C29H20N4O5S/c34-28-30-29(27(39-28)16-21-14-15-25(37-21)19-10-12-20(13-11-19)33(35)36)32-24(22-8-4-5-9-26(22)38-29)17-23(31-32)18-6-2-1-3-7-18/h1-16,24H,17H2,(H,30,34)/b27-16-. The number of thioether (sulfide) groups is 1. The predicted molar refractivity (Wildman–Crippen MR) is 147 cm³/mol. The molecule has 1 fully saturated rings. The lowest BCUT2D eigenvalue weighted by Gasteiger charge is -2.44. The molecule has 2 atom stereocenters. The van der Waals surface area contributed by atoms with E-state index in [1.54, 1.807) is 30.3 Å². The number of hydrazone groups is 1. The van der Waals surface area contributed by atoms with Crippen molar-refractivity contribution in [3.05, 3.63) is 123 Å². The molecule has 4 aromatic rings. The number of para-hydroxylation sites is 1. The van der Waals surface area contributed by atoms with Crippen LogP contribution in [0.5, 0.6) is 5.75 Å². The molecule has 1 N–H and O–H groups in total. The van der Waals surface area contributed by atoms with Crippen LogP contribution in [0.15, 0.2) is 105 Å². The molecule has 0 radical (unpaired) electrons. The molecule has 2 unspecified atom stereocenters. The van der Waals surface area contributed by atoms with Gasteiger partial charge < -0.3 is 9.15 Å². The van der Waals surface area contributed by atoms with E-state index < -0.39 is 10.8 Å². The molecule has 3 aliphatic heterocycles. The summed E-state index contributed by atoms with van der Waals surface area (Å²) in [6.07, 6.45) is 2.43. The average molecular weight is 537 g/mol. The summed E-state index contributed by atoms with van der Waals surface area (Å²) in [6, 6.07) is 27.4. The smallest absolute Gasteiger partial charge is 0.314 e. The van der Waals surface area contributed by atoms with Crippen molar-refractivity contribution in [3.8, 4) is 17.1 Å². The van der Waals surface area contributed by atoms with Crippen LogP contribution in [-0.4, -0.2) is 26.7 Å². The highest BCUT2D eigenvalue weighted by Gasteiger charge is 2.58. The van der Waals surface area contributed by atoms with E-state index in [9.17, 15) is 14.9 Å². The molecule has 1 saturated heterocycles. The molecular weight excluding hydrogens is 516 g/mol. The number of carbonyl (C=O) groups is 1.